The Bertz CT molecular complexity index is 500. The third-order valence-corrected chi connectivity index (χ3v) is 3.50. The van der Waals surface area contributed by atoms with Crippen LogP contribution in [0, 0.1) is 5.92 Å². The fourth-order valence-corrected chi connectivity index (χ4v) is 1.98. The van der Waals surface area contributed by atoms with Gasteiger partial charge in [0.25, 0.3) is 5.91 Å². The van der Waals surface area contributed by atoms with Crippen molar-refractivity contribution in [3.8, 4) is 0 Å². The van der Waals surface area contributed by atoms with Crippen molar-refractivity contribution in [2.45, 2.75) is 33.4 Å². The van der Waals surface area contributed by atoms with Gasteiger partial charge in [-0.05, 0) is 31.0 Å². The first kappa shape index (κ1) is 17.3. The maximum absolute atomic E-state index is 12.8. The predicted octanol–water partition coefficient (Wildman–Crippen LogP) is 3.80. The molecule has 1 aromatic rings. The molecular formula is C15H21F3N2O. The van der Waals surface area contributed by atoms with Gasteiger partial charge in [-0.2, -0.15) is 13.2 Å². The van der Waals surface area contributed by atoms with Crippen LogP contribution in [0.15, 0.2) is 18.2 Å². The highest BCUT2D eigenvalue weighted by Crippen LogP contribution is 2.34. The van der Waals surface area contributed by atoms with Crippen LogP contribution in [0.1, 0.15) is 43.1 Å². The fourth-order valence-electron chi connectivity index (χ4n) is 1.98. The lowest BCUT2D eigenvalue weighted by molar-refractivity contribution is -0.136. The van der Waals surface area contributed by atoms with E-state index >= 15 is 0 Å². The van der Waals surface area contributed by atoms with Gasteiger partial charge in [-0.25, -0.2) is 0 Å². The summed E-state index contributed by atoms with van der Waals surface area (Å²) in [6, 6.07) is 3.30. The van der Waals surface area contributed by atoms with Gasteiger partial charge in [0, 0.05) is 24.3 Å². The summed E-state index contributed by atoms with van der Waals surface area (Å²) in [6.45, 7) is 6.79. The number of halogens is 3. The number of hydrogen-bond donors (Lipinski definition) is 1. The van der Waals surface area contributed by atoms with Crippen LogP contribution in [-0.4, -0.2) is 23.9 Å². The second-order valence-corrected chi connectivity index (χ2v) is 5.16. The highest BCUT2D eigenvalue weighted by atomic mass is 19.4. The van der Waals surface area contributed by atoms with Crippen molar-refractivity contribution in [1.29, 1.82) is 0 Å². The number of alkyl halides is 3. The van der Waals surface area contributed by atoms with Gasteiger partial charge in [0.2, 0.25) is 0 Å². The molecule has 0 spiro atoms. The quantitative estimate of drug-likeness (QED) is 0.841. The summed E-state index contributed by atoms with van der Waals surface area (Å²) < 4.78 is 38.5. The number of amides is 1. The molecule has 0 aromatic heterocycles. The molecule has 21 heavy (non-hydrogen) atoms. The first-order valence-electron chi connectivity index (χ1n) is 6.96. The highest BCUT2D eigenvalue weighted by Gasteiger charge is 2.34. The van der Waals surface area contributed by atoms with Gasteiger partial charge in [-0.15, -0.1) is 0 Å². The number of carbonyl (C=O) groups excluding carboxylic acids is 1. The maximum Gasteiger partial charge on any atom is 0.418 e. The zero-order valence-electron chi connectivity index (χ0n) is 12.5. The van der Waals surface area contributed by atoms with E-state index in [0.717, 1.165) is 18.6 Å². The van der Waals surface area contributed by atoms with Crippen molar-refractivity contribution in [2.75, 3.05) is 18.8 Å². The molecule has 2 N–H and O–H groups in total. The van der Waals surface area contributed by atoms with Crippen LogP contribution in [0.3, 0.4) is 0 Å². The molecule has 3 nitrogen and oxygen atoms in total. The maximum atomic E-state index is 12.8. The van der Waals surface area contributed by atoms with Gasteiger partial charge in [0.15, 0.2) is 0 Å². The summed E-state index contributed by atoms with van der Waals surface area (Å²) in [5, 5.41) is 0. The normalized spacial score (nSPS) is 13.0. The van der Waals surface area contributed by atoms with Gasteiger partial charge in [0.05, 0.1) is 5.56 Å². The number of hydrogen-bond acceptors (Lipinski definition) is 2. The SMILES string of the molecule is CCC(C)CN(CC)C(=O)c1ccc(N)c(C(F)(F)F)c1. The van der Waals surface area contributed by atoms with Gasteiger partial charge in [-0.3, -0.25) is 4.79 Å². The second-order valence-electron chi connectivity index (χ2n) is 5.16. The topological polar surface area (TPSA) is 46.3 Å². The number of carbonyl (C=O) groups is 1. The zero-order valence-corrected chi connectivity index (χ0v) is 12.5. The number of nitrogens with two attached hydrogens (primary N) is 1. The minimum absolute atomic E-state index is 0.0154. The molecule has 1 aromatic carbocycles. The van der Waals surface area contributed by atoms with Crippen molar-refractivity contribution in [3.63, 3.8) is 0 Å². The first-order chi connectivity index (χ1) is 9.70. The summed E-state index contributed by atoms with van der Waals surface area (Å²) in [5.74, 6) is -0.104. The van der Waals surface area contributed by atoms with E-state index in [1.807, 2.05) is 20.8 Å². The Hall–Kier alpha value is -1.72. The average Bonchev–Trinajstić information content (AvgIpc) is 2.42. The monoisotopic (exact) mass is 302 g/mol. The molecule has 0 saturated carbocycles. The predicted molar refractivity (Wildman–Crippen MR) is 76.9 cm³/mol. The smallest absolute Gasteiger partial charge is 0.398 e. The summed E-state index contributed by atoms with van der Waals surface area (Å²) >= 11 is 0. The van der Waals surface area contributed by atoms with Crippen LogP contribution >= 0.6 is 0 Å². The Balaban J connectivity index is 3.06. The molecule has 118 valence electrons. The molecule has 0 aliphatic rings. The van der Waals surface area contributed by atoms with Gasteiger partial charge in [0.1, 0.15) is 0 Å². The molecule has 1 rings (SSSR count). The average molecular weight is 302 g/mol. The van der Waals surface area contributed by atoms with Crippen molar-refractivity contribution < 1.29 is 18.0 Å². The molecule has 0 fully saturated rings. The Kier molecular flexibility index (Phi) is 5.63. The van der Waals surface area contributed by atoms with E-state index in [9.17, 15) is 18.0 Å². The van der Waals surface area contributed by atoms with Crippen LogP contribution in [0.2, 0.25) is 0 Å². The molecule has 0 bridgehead atoms. The highest BCUT2D eigenvalue weighted by molar-refractivity contribution is 5.95. The standard InChI is InChI=1S/C15H21F3N2O/c1-4-10(3)9-20(5-2)14(21)11-6-7-13(19)12(8-11)15(16,17)18/h6-8,10H,4-5,9,19H2,1-3H3. The molecular weight excluding hydrogens is 281 g/mol. The molecule has 1 atom stereocenters. The number of benzene rings is 1. The van der Waals surface area contributed by atoms with Crippen molar-refractivity contribution in [3.05, 3.63) is 29.3 Å². The number of rotatable bonds is 5. The van der Waals surface area contributed by atoms with E-state index < -0.39 is 17.6 Å². The minimum Gasteiger partial charge on any atom is -0.398 e. The Labute approximate surface area is 122 Å². The summed E-state index contributed by atoms with van der Waals surface area (Å²) in [4.78, 5) is 13.9. The van der Waals surface area contributed by atoms with Gasteiger partial charge >= 0.3 is 6.18 Å². The molecule has 1 unspecified atom stereocenters. The van der Waals surface area contributed by atoms with E-state index in [4.69, 9.17) is 5.73 Å². The lowest BCUT2D eigenvalue weighted by atomic mass is 10.1. The molecule has 0 aliphatic heterocycles. The van der Waals surface area contributed by atoms with E-state index in [1.54, 1.807) is 4.90 Å². The number of anilines is 1. The molecule has 1 amide bonds. The largest absolute Gasteiger partial charge is 0.418 e. The van der Waals surface area contributed by atoms with Crippen molar-refractivity contribution in [2.24, 2.45) is 5.92 Å². The molecule has 6 heteroatoms. The van der Waals surface area contributed by atoms with Gasteiger partial charge < -0.3 is 10.6 Å². The van der Waals surface area contributed by atoms with E-state index in [2.05, 4.69) is 0 Å². The van der Waals surface area contributed by atoms with E-state index in [0.29, 0.717) is 19.0 Å². The van der Waals surface area contributed by atoms with Crippen LogP contribution in [0.5, 0.6) is 0 Å². The Morgan fingerprint density at radius 2 is 1.95 bits per heavy atom. The Morgan fingerprint density at radius 1 is 1.33 bits per heavy atom. The number of nitrogen functional groups attached to an aromatic ring is 1. The van der Waals surface area contributed by atoms with Crippen LogP contribution in [-0.2, 0) is 6.18 Å². The second kappa shape index (κ2) is 6.83. The first-order valence-corrected chi connectivity index (χ1v) is 6.96. The fraction of sp³-hybridized carbons (Fsp3) is 0.533. The lowest BCUT2D eigenvalue weighted by Crippen LogP contribution is -2.34. The summed E-state index contributed by atoms with van der Waals surface area (Å²) in [7, 11) is 0. The summed E-state index contributed by atoms with van der Waals surface area (Å²) in [5.41, 5.74) is 4.02. The lowest BCUT2D eigenvalue weighted by Gasteiger charge is -2.24. The molecule has 0 aliphatic carbocycles. The van der Waals surface area contributed by atoms with Crippen LogP contribution in [0.4, 0.5) is 18.9 Å². The Morgan fingerprint density at radius 3 is 2.43 bits per heavy atom. The van der Waals surface area contributed by atoms with E-state index in [1.165, 1.54) is 6.07 Å². The molecule has 0 heterocycles. The third kappa shape index (κ3) is 4.37. The van der Waals surface area contributed by atoms with Gasteiger partial charge in [-0.1, -0.05) is 20.3 Å². The number of nitrogens with zero attached hydrogens (tertiary/aromatic N) is 1. The molecule has 0 radical (unpaired) electrons. The summed E-state index contributed by atoms with van der Waals surface area (Å²) in [6.07, 6.45) is -3.66. The van der Waals surface area contributed by atoms with Crippen LogP contribution < -0.4 is 5.73 Å². The third-order valence-electron chi connectivity index (χ3n) is 3.50. The minimum atomic E-state index is -4.56. The van der Waals surface area contributed by atoms with Crippen molar-refractivity contribution in [1.82, 2.24) is 4.90 Å². The zero-order chi connectivity index (χ0) is 16.2. The molecule has 0 saturated heterocycles. The van der Waals surface area contributed by atoms with Crippen LogP contribution in [0.25, 0.3) is 0 Å². The van der Waals surface area contributed by atoms with E-state index in [-0.39, 0.29) is 11.3 Å². The van der Waals surface area contributed by atoms with Crippen molar-refractivity contribution >= 4 is 11.6 Å².